The van der Waals surface area contributed by atoms with Crippen LogP contribution in [-0.2, 0) is 18.3 Å². The first kappa shape index (κ1) is 17.5. The Hall–Kier alpha value is -2.92. The fourth-order valence-electron chi connectivity index (χ4n) is 3.34. The molecule has 1 N–H and O–H groups in total. The van der Waals surface area contributed by atoms with E-state index in [9.17, 15) is 4.79 Å². The van der Waals surface area contributed by atoms with Crippen LogP contribution in [0.15, 0.2) is 76.4 Å². The Morgan fingerprint density at radius 1 is 1.04 bits per heavy atom. The maximum atomic E-state index is 12.4. The van der Waals surface area contributed by atoms with Crippen molar-refractivity contribution in [2.45, 2.75) is 6.42 Å². The van der Waals surface area contributed by atoms with Gasteiger partial charge in [-0.1, -0.05) is 64.5 Å². The molecule has 0 aliphatic rings. The van der Waals surface area contributed by atoms with Gasteiger partial charge in [0.05, 0.1) is 12.6 Å². The molecule has 0 saturated heterocycles. The van der Waals surface area contributed by atoms with Gasteiger partial charge in [0.25, 0.3) is 0 Å². The minimum atomic E-state index is -0.140. The summed E-state index contributed by atoms with van der Waals surface area (Å²) in [5.74, 6) is -0.140. The van der Waals surface area contributed by atoms with Gasteiger partial charge in [0.1, 0.15) is 0 Å². The summed E-state index contributed by atoms with van der Waals surface area (Å²) in [6.07, 6.45) is 3.98. The third-order valence-corrected chi connectivity index (χ3v) is 5.32. The third kappa shape index (κ3) is 3.51. The lowest BCUT2D eigenvalue weighted by molar-refractivity contribution is -0.120. The van der Waals surface area contributed by atoms with E-state index in [2.05, 4.69) is 32.5 Å². The van der Waals surface area contributed by atoms with Gasteiger partial charge in [-0.2, -0.15) is 5.10 Å². The number of amides is 1. The zero-order valence-corrected chi connectivity index (χ0v) is 16.4. The third-order valence-electron chi connectivity index (χ3n) is 4.63. The molecule has 0 bridgehead atoms. The molecular weight excluding hydrogens is 402 g/mol. The van der Waals surface area contributed by atoms with Crippen molar-refractivity contribution in [1.29, 1.82) is 0 Å². The van der Waals surface area contributed by atoms with E-state index < -0.39 is 0 Å². The van der Waals surface area contributed by atoms with Crippen molar-refractivity contribution in [2.24, 2.45) is 12.1 Å². The van der Waals surface area contributed by atoms with Crippen LogP contribution >= 0.6 is 15.9 Å². The van der Waals surface area contributed by atoms with Crippen LogP contribution in [0.4, 0.5) is 0 Å². The first-order valence-corrected chi connectivity index (χ1v) is 9.45. The molecule has 0 radical (unpaired) electrons. The number of aromatic nitrogens is 1. The molecule has 0 atom stereocenters. The predicted molar refractivity (Wildman–Crippen MR) is 114 cm³/mol. The first-order valence-electron chi connectivity index (χ1n) is 8.65. The highest BCUT2D eigenvalue weighted by molar-refractivity contribution is 9.10. The van der Waals surface area contributed by atoms with E-state index in [1.54, 1.807) is 6.21 Å². The average molecular weight is 420 g/mol. The number of hydrazone groups is 1. The summed E-state index contributed by atoms with van der Waals surface area (Å²) >= 11 is 3.56. The normalized spacial score (nSPS) is 11.5. The number of nitrogens with zero attached hydrogens (tertiary/aromatic N) is 2. The molecule has 1 heterocycles. The van der Waals surface area contributed by atoms with Gasteiger partial charge >= 0.3 is 0 Å². The Balaban J connectivity index is 1.50. The van der Waals surface area contributed by atoms with Crippen LogP contribution in [0, 0.1) is 0 Å². The van der Waals surface area contributed by atoms with Crippen LogP contribution in [0.25, 0.3) is 21.7 Å². The lowest BCUT2D eigenvalue weighted by Crippen LogP contribution is -2.19. The molecule has 0 fully saturated rings. The molecule has 0 unspecified atom stereocenters. The maximum Gasteiger partial charge on any atom is 0.244 e. The molecule has 1 amide bonds. The number of halogens is 1. The molecule has 4 rings (SSSR count). The van der Waals surface area contributed by atoms with E-state index >= 15 is 0 Å². The summed E-state index contributed by atoms with van der Waals surface area (Å²) in [6, 6.07) is 20.1. The van der Waals surface area contributed by atoms with Crippen LogP contribution in [-0.4, -0.2) is 16.7 Å². The Bertz CT molecular complexity index is 1180. The number of para-hydroxylation sites is 1. The molecular formula is C22H18BrN3O. The van der Waals surface area contributed by atoms with Gasteiger partial charge in [0.15, 0.2) is 0 Å². The quantitative estimate of drug-likeness (QED) is 0.375. The highest BCUT2D eigenvalue weighted by Gasteiger charge is 2.08. The van der Waals surface area contributed by atoms with Gasteiger partial charge in [0, 0.05) is 34.2 Å². The van der Waals surface area contributed by atoms with Crippen LogP contribution in [0.1, 0.15) is 11.1 Å². The number of nitrogens with one attached hydrogen (secondary N) is 1. The smallest absolute Gasteiger partial charge is 0.244 e. The van der Waals surface area contributed by atoms with Crippen molar-refractivity contribution in [3.05, 3.63) is 82.5 Å². The summed E-state index contributed by atoms with van der Waals surface area (Å²) in [5, 5.41) is 7.43. The number of aryl methyl sites for hydroxylation is 1. The molecule has 134 valence electrons. The molecule has 0 aliphatic carbocycles. The van der Waals surface area contributed by atoms with Crippen molar-refractivity contribution in [2.75, 3.05) is 0 Å². The number of hydrogen-bond donors (Lipinski definition) is 1. The molecule has 0 aliphatic heterocycles. The summed E-state index contributed by atoms with van der Waals surface area (Å²) < 4.78 is 3.07. The fraction of sp³-hybridized carbons (Fsp3) is 0.0909. The number of rotatable bonds is 4. The molecule has 4 aromatic rings. The average Bonchev–Trinajstić information content (AvgIpc) is 3.01. The summed E-state index contributed by atoms with van der Waals surface area (Å²) in [5.41, 5.74) is 5.73. The van der Waals surface area contributed by atoms with Crippen molar-refractivity contribution in [3.63, 3.8) is 0 Å². The lowest BCUT2D eigenvalue weighted by atomic mass is 10.0. The van der Waals surface area contributed by atoms with E-state index in [1.807, 2.05) is 72.4 Å². The molecule has 0 spiro atoms. The van der Waals surface area contributed by atoms with Crippen molar-refractivity contribution >= 4 is 49.7 Å². The van der Waals surface area contributed by atoms with Gasteiger partial charge in [0.2, 0.25) is 5.91 Å². The molecule has 1 aromatic heterocycles. The van der Waals surface area contributed by atoms with E-state index in [-0.39, 0.29) is 12.3 Å². The Morgan fingerprint density at radius 3 is 2.56 bits per heavy atom. The predicted octanol–water partition coefficient (Wildman–Crippen LogP) is 4.79. The first-order chi connectivity index (χ1) is 13.1. The standard InChI is InChI=1S/C22H18BrN3O/c1-26-14-16(18-7-4-5-9-21(18)26)13-24-25-22(27)12-15-10-11-20(23)19-8-3-2-6-17(15)19/h2-11,13-14H,12H2,1H3,(H,25,27)/b24-13-. The molecule has 0 saturated carbocycles. The summed E-state index contributed by atoms with van der Waals surface area (Å²) in [6.45, 7) is 0. The zero-order valence-electron chi connectivity index (χ0n) is 14.8. The second kappa shape index (κ2) is 7.37. The maximum absolute atomic E-state index is 12.4. The second-order valence-electron chi connectivity index (χ2n) is 6.43. The number of fused-ring (bicyclic) bond motifs is 2. The topological polar surface area (TPSA) is 46.4 Å². The number of benzene rings is 3. The minimum absolute atomic E-state index is 0.140. The number of hydrogen-bond acceptors (Lipinski definition) is 2. The number of carbonyl (C=O) groups is 1. The van der Waals surface area contributed by atoms with E-state index in [1.165, 1.54) is 0 Å². The van der Waals surface area contributed by atoms with Gasteiger partial charge in [-0.05, 0) is 28.5 Å². The SMILES string of the molecule is Cn1cc(/C=N\NC(=O)Cc2ccc(Br)c3ccccc23)c2ccccc21. The number of carbonyl (C=O) groups excluding carboxylic acids is 1. The Morgan fingerprint density at radius 2 is 1.74 bits per heavy atom. The monoisotopic (exact) mass is 419 g/mol. The van der Waals surface area contributed by atoms with Crippen molar-refractivity contribution in [1.82, 2.24) is 9.99 Å². The van der Waals surface area contributed by atoms with Gasteiger partial charge in [-0.3, -0.25) is 4.79 Å². The summed E-state index contributed by atoms with van der Waals surface area (Å²) in [4.78, 5) is 12.4. The highest BCUT2D eigenvalue weighted by atomic mass is 79.9. The molecule has 4 nitrogen and oxygen atoms in total. The lowest BCUT2D eigenvalue weighted by Gasteiger charge is -2.07. The second-order valence-corrected chi connectivity index (χ2v) is 7.29. The van der Waals surface area contributed by atoms with Crippen LogP contribution < -0.4 is 5.43 Å². The molecule has 3 aromatic carbocycles. The van der Waals surface area contributed by atoms with Crippen molar-refractivity contribution in [3.8, 4) is 0 Å². The Kier molecular flexibility index (Phi) is 4.77. The van der Waals surface area contributed by atoms with Gasteiger partial charge in [-0.25, -0.2) is 5.43 Å². The van der Waals surface area contributed by atoms with E-state index in [0.29, 0.717) is 0 Å². The molecule has 5 heteroatoms. The minimum Gasteiger partial charge on any atom is -0.350 e. The summed E-state index contributed by atoms with van der Waals surface area (Å²) in [7, 11) is 2.00. The van der Waals surface area contributed by atoms with E-state index in [0.717, 1.165) is 37.3 Å². The van der Waals surface area contributed by atoms with Gasteiger partial charge in [-0.15, -0.1) is 0 Å². The van der Waals surface area contributed by atoms with Crippen molar-refractivity contribution < 1.29 is 4.79 Å². The van der Waals surface area contributed by atoms with Crippen LogP contribution in [0.2, 0.25) is 0 Å². The highest BCUT2D eigenvalue weighted by Crippen LogP contribution is 2.27. The van der Waals surface area contributed by atoms with Crippen LogP contribution in [0.5, 0.6) is 0 Å². The van der Waals surface area contributed by atoms with E-state index in [4.69, 9.17) is 0 Å². The largest absolute Gasteiger partial charge is 0.350 e. The molecule has 27 heavy (non-hydrogen) atoms. The fourth-order valence-corrected chi connectivity index (χ4v) is 3.82. The van der Waals surface area contributed by atoms with Gasteiger partial charge < -0.3 is 4.57 Å². The van der Waals surface area contributed by atoms with Crippen LogP contribution in [0.3, 0.4) is 0 Å². The zero-order chi connectivity index (χ0) is 18.8. The Labute approximate surface area is 165 Å².